The lowest BCUT2D eigenvalue weighted by Crippen LogP contribution is -2.51. The van der Waals surface area contributed by atoms with Crippen LogP contribution in [0.4, 0.5) is 0 Å². The van der Waals surface area contributed by atoms with Crippen molar-refractivity contribution in [2.24, 2.45) is 7.05 Å². The number of imidazole rings is 1. The van der Waals surface area contributed by atoms with Gasteiger partial charge in [-0.3, -0.25) is 4.79 Å². The summed E-state index contributed by atoms with van der Waals surface area (Å²) >= 11 is 0. The molecule has 1 aromatic heterocycles. The zero-order chi connectivity index (χ0) is 12.5. The molecule has 5 heteroatoms. The van der Waals surface area contributed by atoms with Crippen molar-refractivity contribution in [2.45, 2.75) is 25.3 Å². The highest BCUT2D eigenvalue weighted by molar-refractivity contribution is 5.92. The molecule has 1 aromatic rings. The van der Waals surface area contributed by atoms with Gasteiger partial charge in [0.15, 0.2) is 0 Å². The Balaban J connectivity index is 2.02. The van der Waals surface area contributed by atoms with Gasteiger partial charge in [-0.05, 0) is 26.8 Å². The SMILES string of the molecule is CNC1(C)CCN(C(=O)c2cncn2C)CC1. The van der Waals surface area contributed by atoms with Crippen LogP contribution in [0.2, 0.25) is 0 Å². The molecule has 17 heavy (non-hydrogen) atoms. The highest BCUT2D eigenvalue weighted by Gasteiger charge is 2.31. The lowest BCUT2D eigenvalue weighted by atomic mass is 9.90. The summed E-state index contributed by atoms with van der Waals surface area (Å²) < 4.78 is 1.77. The van der Waals surface area contributed by atoms with Crippen LogP contribution >= 0.6 is 0 Å². The standard InChI is InChI=1S/C12H20N4O/c1-12(13-2)4-6-16(7-5-12)11(17)10-8-14-9-15(10)3/h8-9,13H,4-7H2,1-3H3. The summed E-state index contributed by atoms with van der Waals surface area (Å²) in [5, 5.41) is 3.33. The molecule has 94 valence electrons. The maximum Gasteiger partial charge on any atom is 0.272 e. The van der Waals surface area contributed by atoms with Gasteiger partial charge in [0, 0.05) is 25.7 Å². The summed E-state index contributed by atoms with van der Waals surface area (Å²) in [6.07, 6.45) is 5.28. The van der Waals surface area contributed by atoms with E-state index in [1.807, 2.05) is 19.0 Å². The normalized spacial score (nSPS) is 19.4. The van der Waals surface area contributed by atoms with E-state index in [4.69, 9.17) is 0 Å². The van der Waals surface area contributed by atoms with Crippen LogP contribution in [0.3, 0.4) is 0 Å². The molecule has 1 saturated heterocycles. The van der Waals surface area contributed by atoms with Crippen molar-refractivity contribution >= 4 is 5.91 Å². The van der Waals surface area contributed by atoms with Crippen LogP contribution in [0, 0.1) is 0 Å². The Morgan fingerprint density at radius 3 is 2.59 bits per heavy atom. The number of piperidine rings is 1. The topological polar surface area (TPSA) is 50.2 Å². The largest absolute Gasteiger partial charge is 0.337 e. The quantitative estimate of drug-likeness (QED) is 0.819. The number of nitrogens with zero attached hydrogens (tertiary/aromatic N) is 3. The van der Waals surface area contributed by atoms with Crippen LogP contribution in [0.25, 0.3) is 0 Å². The van der Waals surface area contributed by atoms with Crippen LogP contribution in [0.5, 0.6) is 0 Å². The van der Waals surface area contributed by atoms with Crippen molar-refractivity contribution in [2.75, 3.05) is 20.1 Å². The fourth-order valence-corrected chi connectivity index (χ4v) is 2.18. The molecule has 1 aliphatic rings. The predicted molar refractivity (Wildman–Crippen MR) is 65.8 cm³/mol. The molecule has 0 radical (unpaired) electrons. The number of aromatic nitrogens is 2. The van der Waals surface area contributed by atoms with Crippen LogP contribution in [0.1, 0.15) is 30.3 Å². The number of likely N-dealkylation sites (tertiary alicyclic amines) is 1. The number of rotatable bonds is 2. The van der Waals surface area contributed by atoms with E-state index in [2.05, 4.69) is 17.2 Å². The number of carbonyl (C=O) groups is 1. The van der Waals surface area contributed by atoms with Gasteiger partial charge in [-0.1, -0.05) is 0 Å². The number of carbonyl (C=O) groups excluding carboxylic acids is 1. The summed E-state index contributed by atoms with van der Waals surface area (Å²) in [5.41, 5.74) is 0.835. The van der Waals surface area contributed by atoms with Crippen LogP contribution in [-0.4, -0.2) is 46.0 Å². The van der Waals surface area contributed by atoms with Crippen molar-refractivity contribution in [3.05, 3.63) is 18.2 Å². The van der Waals surface area contributed by atoms with Gasteiger partial charge in [-0.2, -0.15) is 0 Å². The second kappa shape index (κ2) is 4.49. The first-order chi connectivity index (χ1) is 8.06. The first-order valence-electron chi connectivity index (χ1n) is 6.00. The van der Waals surface area contributed by atoms with Gasteiger partial charge in [0.25, 0.3) is 5.91 Å². The number of amides is 1. The van der Waals surface area contributed by atoms with Gasteiger partial charge < -0.3 is 14.8 Å². The van der Waals surface area contributed by atoms with E-state index >= 15 is 0 Å². The lowest BCUT2D eigenvalue weighted by Gasteiger charge is -2.39. The van der Waals surface area contributed by atoms with Crippen molar-refractivity contribution < 1.29 is 4.79 Å². The van der Waals surface area contributed by atoms with Gasteiger partial charge in [0.05, 0.1) is 12.5 Å². The Bertz CT molecular complexity index is 404. The van der Waals surface area contributed by atoms with E-state index in [1.165, 1.54) is 0 Å². The van der Waals surface area contributed by atoms with Gasteiger partial charge in [-0.25, -0.2) is 4.98 Å². The second-order valence-corrected chi connectivity index (χ2v) is 4.99. The lowest BCUT2D eigenvalue weighted by molar-refractivity contribution is 0.0652. The monoisotopic (exact) mass is 236 g/mol. The number of hydrogen-bond acceptors (Lipinski definition) is 3. The van der Waals surface area contributed by atoms with Gasteiger partial charge in [0.1, 0.15) is 5.69 Å². The highest BCUT2D eigenvalue weighted by atomic mass is 16.2. The molecule has 1 amide bonds. The molecule has 0 saturated carbocycles. The predicted octanol–water partition coefficient (Wildman–Crippen LogP) is 0.634. The Kier molecular flexibility index (Phi) is 3.19. The molecule has 0 bridgehead atoms. The fourth-order valence-electron chi connectivity index (χ4n) is 2.18. The van der Waals surface area contributed by atoms with E-state index < -0.39 is 0 Å². The number of aryl methyl sites for hydroxylation is 1. The summed E-state index contributed by atoms with van der Waals surface area (Å²) in [7, 11) is 3.83. The minimum Gasteiger partial charge on any atom is -0.337 e. The number of hydrogen-bond donors (Lipinski definition) is 1. The first-order valence-corrected chi connectivity index (χ1v) is 6.00. The van der Waals surface area contributed by atoms with Crippen LogP contribution in [0.15, 0.2) is 12.5 Å². The Labute approximate surface area is 102 Å². The molecule has 1 N–H and O–H groups in total. The average molecular weight is 236 g/mol. The van der Waals surface area contributed by atoms with Crippen LogP contribution < -0.4 is 5.32 Å². The zero-order valence-corrected chi connectivity index (χ0v) is 10.7. The maximum atomic E-state index is 12.2. The Morgan fingerprint density at radius 1 is 1.47 bits per heavy atom. The summed E-state index contributed by atoms with van der Waals surface area (Å²) in [5.74, 6) is 0.0863. The Morgan fingerprint density at radius 2 is 2.12 bits per heavy atom. The van der Waals surface area contributed by atoms with Crippen molar-refractivity contribution in [1.82, 2.24) is 19.8 Å². The minimum atomic E-state index is 0.0863. The van der Waals surface area contributed by atoms with E-state index in [-0.39, 0.29) is 11.4 Å². The fraction of sp³-hybridized carbons (Fsp3) is 0.667. The molecule has 2 heterocycles. The molecule has 1 fully saturated rings. The molecular weight excluding hydrogens is 216 g/mol. The third-order valence-electron chi connectivity index (χ3n) is 3.79. The van der Waals surface area contributed by atoms with Gasteiger partial charge >= 0.3 is 0 Å². The first kappa shape index (κ1) is 12.1. The van der Waals surface area contributed by atoms with Crippen molar-refractivity contribution in [1.29, 1.82) is 0 Å². The third kappa shape index (κ3) is 2.34. The smallest absolute Gasteiger partial charge is 0.272 e. The summed E-state index contributed by atoms with van der Waals surface area (Å²) in [6.45, 7) is 3.82. The van der Waals surface area contributed by atoms with Gasteiger partial charge in [-0.15, -0.1) is 0 Å². The molecule has 0 unspecified atom stereocenters. The molecule has 0 aromatic carbocycles. The molecule has 2 rings (SSSR count). The van der Waals surface area contributed by atoms with Crippen LogP contribution in [-0.2, 0) is 7.05 Å². The summed E-state index contributed by atoms with van der Waals surface area (Å²) in [4.78, 5) is 18.1. The molecule has 5 nitrogen and oxygen atoms in total. The van der Waals surface area contributed by atoms with Crippen molar-refractivity contribution in [3.63, 3.8) is 0 Å². The second-order valence-electron chi connectivity index (χ2n) is 4.99. The van der Waals surface area contributed by atoms with Gasteiger partial charge in [0.2, 0.25) is 0 Å². The zero-order valence-electron chi connectivity index (χ0n) is 10.7. The minimum absolute atomic E-state index is 0.0863. The summed E-state index contributed by atoms with van der Waals surface area (Å²) in [6, 6.07) is 0. The molecule has 0 atom stereocenters. The highest BCUT2D eigenvalue weighted by Crippen LogP contribution is 2.22. The average Bonchev–Trinajstić information content (AvgIpc) is 2.76. The van der Waals surface area contributed by atoms with E-state index in [0.29, 0.717) is 5.69 Å². The molecule has 1 aliphatic heterocycles. The molecule has 0 aliphatic carbocycles. The van der Waals surface area contributed by atoms with E-state index in [0.717, 1.165) is 25.9 Å². The third-order valence-corrected chi connectivity index (χ3v) is 3.79. The molecule has 0 spiro atoms. The van der Waals surface area contributed by atoms with E-state index in [1.54, 1.807) is 17.1 Å². The maximum absolute atomic E-state index is 12.2. The Hall–Kier alpha value is -1.36. The number of nitrogens with one attached hydrogen (secondary N) is 1. The molecular formula is C12H20N4O. The van der Waals surface area contributed by atoms with Crippen molar-refractivity contribution in [3.8, 4) is 0 Å². The van der Waals surface area contributed by atoms with E-state index in [9.17, 15) is 4.79 Å².